The summed E-state index contributed by atoms with van der Waals surface area (Å²) in [4.78, 5) is 42.5. The van der Waals surface area contributed by atoms with Gasteiger partial charge in [0, 0.05) is 18.3 Å². The lowest BCUT2D eigenvalue weighted by Crippen LogP contribution is -2.41. The molecule has 2 aromatic carbocycles. The second kappa shape index (κ2) is 14.6. The normalized spacial score (nSPS) is 18.1. The van der Waals surface area contributed by atoms with E-state index < -0.39 is 53.6 Å². The fourth-order valence-electron chi connectivity index (χ4n) is 8.64. The van der Waals surface area contributed by atoms with Crippen LogP contribution >= 0.6 is 0 Å². The van der Waals surface area contributed by atoms with Crippen molar-refractivity contribution in [2.75, 3.05) is 13.1 Å². The van der Waals surface area contributed by atoms with E-state index in [-0.39, 0.29) is 17.9 Å². The topological polar surface area (TPSA) is 91.6 Å². The molecule has 2 atom stereocenters. The summed E-state index contributed by atoms with van der Waals surface area (Å²) in [5.41, 5.74) is 6.76. The fourth-order valence-corrected chi connectivity index (χ4v) is 8.64. The van der Waals surface area contributed by atoms with E-state index in [1.165, 1.54) is 11.8 Å². The van der Waals surface area contributed by atoms with Crippen molar-refractivity contribution in [3.05, 3.63) is 91.4 Å². The second-order valence-corrected chi connectivity index (χ2v) is 15.6. The Hall–Kier alpha value is -3.92. The van der Waals surface area contributed by atoms with Gasteiger partial charge in [-0.3, -0.25) is 14.4 Å². The molecule has 274 valence electrons. The number of pyridine rings is 1. The molecule has 1 saturated heterocycles. The van der Waals surface area contributed by atoms with Gasteiger partial charge in [-0.15, -0.1) is 0 Å². The maximum Gasteiger partial charge on any atom is 0.416 e. The molecule has 3 aliphatic rings. The molecule has 10 heteroatoms. The number of carboxylic acids is 1. The highest BCUT2D eigenvalue weighted by Gasteiger charge is 2.40. The van der Waals surface area contributed by atoms with Gasteiger partial charge in [-0.2, -0.15) is 13.2 Å². The first-order chi connectivity index (χ1) is 24.1. The minimum atomic E-state index is -4.72. The molecule has 1 aliphatic heterocycles. The number of fused-ring (bicyclic) bond motifs is 1. The number of rotatable bonds is 11. The van der Waals surface area contributed by atoms with Crippen molar-refractivity contribution >= 4 is 11.9 Å². The summed E-state index contributed by atoms with van der Waals surface area (Å²) in [6, 6.07) is 7.38. The van der Waals surface area contributed by atoms with E-state index in [0.717, 1.165) is 70.1 Å². The summed E-state index contributed by atoms with van der Waals surface area (Å²) in [5, 5.41) is 13.0. The smallest absolute Gasteiger partial charge is 0.416 e. The number of nitrogens with zero attached hydrogens (tertiary/aromatic N) is 2. The van der Waals surface area contributed by atoms with Crippen LogP contribution in [0, 0.1) is 26.7 Å². The van der Waals surface area contributed by atoms with Crippen molar-refractivity contribution in [1.29, 1.82) is 0 Å². The number of amides is 1. The van der Waals surface area contributed by atoms with E-state index in [0.29, 0.717) is 43.6 Å². The molecule has 2 N–H and O–H groups in total. The van der Waals surface area contributed by atoms with E-state index >= 15 is 0 Å². The quantitative estimate of drug-likeness (QED) is 0.210. The number of piperidine rings is 1. The van der Waals surface area contributed by atoms with Crippen LogP contribution in [-0.2, 0) is 28.6 Å². The van der Waals surface area contributed by atoms with Crippen molar-refractivity contribution < 1.29 is 27.9 Å². The van der Waals surface area contributed by atoms with Crippen LogP contribution in [0.15, 0.2) is 41.3 Å². The fraction of sp³-hybridized carbons (Fsp3) is 0.537. The molecule has 2 fully saturated rings. The molecule has 0 unspecified atom stereocenters. The summed E-state index contributed by atoms with van der Waals surface area (Å²) in [6.07, 6.45) is 2.40. The third kappa shape index (κ3) is 8.11. The molecule has 0 bridgehead atoms. The Morgan fingerprint density at radius 2 is 1.63 bits per heavy atom. The van der Waals surface area contributed by atoms with Gasteiger partial charge >= 0.3 is 12.1 Å². The lowest BCUT2D eigenvalue weighted by molar-refractivity contribution is -0.139. The number of nitrogens with one attached hydrogen (secondary N) is 1. The van der Waals surface area contributed by atoms with Crippen molar-refractivity contribution in [1.82, 2.24) is 14.8 Å². The number of aromatic nitrogens is 1. The second-order valence-electron chi connectivity index (χ2n) is 15.6. The highest BCUT2D eigenvalue weighted by molar-refractivity contribution is 5.82. The summed E-state index contributed by atoms with van der Waals surface area (Å²) in [5.74, 6) is -2.17. The lowest BCUT2D eigenvalue weighted by Gasteiger charge is -2.34. The molecule has 2 heterocycles. The van der Waals surface area contributed by atoms with E-state index in [1.54, 1.807) is 0 Å². The van der Waals surface area contributed by atoms with Gasteiger partial charge in [0.2, 0.25) is 5.91 Å². The van der Waals surface area contributed by atoms with Gasteiger partial charge in [0.1, 0.15) is 6.04 Å². The summed E-state index contributed by atoms with van der Waals surface area (Å²) in [7, 11) is 0. The molecule has 7 nitrogen and oxygen atoms in total. The Bertz CT molecular complexity index is 1850. The number of carbonyl (C=O) groups is 2. The maximum atomic E-state index is 14.4. The maximum absolute atomic E-state index is 14.4. The standard InChI is InChI=1S/C41H50F3N3O4/c1-23(2)15-36(47-22-33(34(20-37(47)48)41(42,43)44)27-11-13-46(14-12-27)30-9-10-30)40(51)45-35(21-38(49)50)29-18-28-7-6-8-31(28)32(19-29)39-25(4)16-24(3)17-26(39)5/h16-20,22-23,27,30,35-36H,6-15,21H2,1-5H3,(H,45,51)(H,49,50)/t35-,36+/m1/s1. The van der Waals surface area contributed by atoms with Crippen LogP contribution in [0.2, 0.25) is 0 Å². The first kappa shape index (κ1) is 36.9. The van der Waals surface area contributed by atoms with E-state index in [4.69, 9.17) is 0 Å². The van der Waals surface area contributed by atoms with Crippen LogP contribution in [0.5, 0.6) is 0 Å². The van der Waals surface area contributed by atoms with Crippen LogP contribution < -0.4 is 10.9 Å². The number of likely N-dealkylation sites (tertiary alicyclic amines) is 1. The van der Waals surface area contributed by atoms with Gasteiger partial charge in [0.05, 0.1) is 18.0 Å². The number of aryl methyl sites for hydroxylation is 4. The van der Waals surface area contributed by atoms with E-state index in [2.05, 4.69) is 43.1 Å². The Labute approximate surface area is 298 Å². The highest BCUT2D eigenvalue weighted by atomic mass is 19.4. The average Bonchev–Trinajstić information content (AvgIpc) is 3.78. The molecule has 3 aromatic rings. The Morgan fingerprint density at radius 1 is 0.961 bits per heavy atom. The van der Waals surface area contributed by atoms with Gasteiger partial charge < -0.3 is 19.9 Å². The van der Waals surface area contributed by atoms with Crippen molar-refractivity contribution in [2.24, 2.45) is 5.92 Å². The largest absolute Gasteiger partial charge is 0.481 e. The van der Waals surface area contributed by atoms with Gasteiger partial charge in [0.15, 0.2) is 0 Å². The first-order valence-corrected chi connectivity index (χ1v) is 18.4. The third-order valence-electron chi connectivity index (χ3n) is 11.1. The molecule has 0 radical (unpaired) electrons. The summed E-state index contributed by atoms with van der Waals surface area (Å²) < 4.78 is 44.4. The Balaban J connectivity index is 1.38. The van der Waals surface area contributed by atoms with Crippen molar-refractivity contribution in [3.63, 3.8) is 0 Å². The van der Waals surface area contributed by atoms with Crippen LogP contribution in [-0.4, -0.2) is 45.6 Å². The monoisotopic (exact) mass is 705 g/mol. The number of benzene rings is 2. The molecular weight excluding hydrogens is 655 g/mol. The Morgan fingerprint density at radius 3 is 2.22 bits per heavy atom. The summed E-state index contributed by atoms with van der Waals surface area (Å²) in [6.45, 7) is 11.4. The third-order valence-corrected chi connectivity index (χ3v) is 11.1. The average molecular weight is 706 g/mol. The molecule has 2 aliphatic carbocycles. The van der Waals surface area contributed by atoms with Gasteiger partial charge in [0.25, 0.3) is 5.56 Å². The zero-order chi connectivity index (χ0) is 36.8. The van der Waals surface area contributed by atoms with Crippen LogP contribution in [0.3, 0.4) is 0 Å². The number of hydrogen-bond acceptors (Lipinski definition) is 4. The van der Waals surface area contributed by atoms with Crippen LogP contribution in [0.25, 0.3) is 11.1 Å². The van der Waals surface area contributed by atoms with Gasteiger partial charge in [-0.05, 0) is 148 Å². The van der Waals surface area contributed by atoms with E-state index in [9.17, 15) is 32.7 Å². The lowest BCUT2D eigenvalue weighted by atomic mass is 9.86. The number of carbonyl (C=O) groups excluding carboxylic acids is 1. The number of carboxylic acid groups (broad SMARTS) is 1. The Kier molecular flexibility index (Phi) is 10.6. The molecule has 1 aromatic heterocycles. The predicted octanol–water partition coefficient (Wildman–Crippen LogP) is 8.21. The highest BCUT2D eigenvalue weighted by Crippen LogP contribution is 2.42. The molecular formula is C41H50F3N3O4. The van der Waals surface area contributed by atoms with Crippen LogP contribution in [0.1, 0.15) is 121 Å². The number of alkyl halides is 3. The molecule has 51 heavy (non-hydrogen) atoms. The first-order valence-electron chi connectivity index (χ1n) is 18.4. The molecule has 1 amide bonds. The van der Waals surface area contributed by atoms with Gasteiger partial charge in [-0.1, -0.05) is 37.6 Å². The number of aliphatic carboxylic acids is 1. The predicted molar refractivity (Wildman–Crippen MR) is 192 cm³/mol. The summed E-state index contributed by atoms with van der Waals surface area (Å²) >= 11 is 0. The zero-order valence-electron chi connectivity index (χ0n) is 30.3. The molecule has 6 rings (SSSR count). The number of hydrogen-bond donors (Lipinski definition) is 2. The molecule has 1 saturated carbocycles. The van der Waals surface area contributed by atoms with E-state index in [1.807, 2.05) is 26.0 Å². The van der Waals surface area contributed by atoms with Crippen molar-refractivity contribution in [2.45, 2.75) is 123 Å². The SMILES string of the molecule is Cc1cc(C)c(-c2cc([C@@H](CC(=O)O)NC(=O)[C@H](CC(C)C)n3cc(C4CCN(C5CC5)CC4)c(C(F)(F)F)cc3=O)cc3c2CCC3)c(C)c1. The number of halogens is 3. The minimum absolute atomic E-state index is 0.0493. The van der Waals surface area contributed by atoms with Crippen molar-refractivity contribution in [3.8, 4) is 11.1 Å². The van der Waals surface area contributed by atoms with Gasteiger partial charge in [-0.25, -0.2) is 0 Å². The molecule has 0 spiro atoms. The van der Waals surface area contributed by atoms with Crippen LogP contribution in [0.4, 0.5) is 13.2 Å². The zero-order valence-corrected chi connectivity index (χ0v) is 30.3. The minimum Gasteiger partial charge on any atom is -0.481 e.